The van der Waals surface area contributed by atoms with Crippen LogP contribution in [0.4, 0.5) is 13.2 Å². The predicted octanol–water partition coefficient (Wildman–Crippen LogP) is 1.24. The third kappa shape index (κ3) is 9.00. The number of halogens is 3. The van der Waals surface area contributed by atoms with Gasteiger partial charge in [0.15, 0.2) is 5.78 Å². The first kappa shape index (κ1) is 10.0. The maximum Gasteiger partial charge on any atom is 0.405 e. The molecule has 2 nitrogen and oxygen atoms in total. The van der Waals surface area contributed by atoms with Crippen LogP contribution < -0.4 is 5.32 Å². The monoisotopic (exact) mass is 167 g/mol. The lowest BCUT2D eigenvalue weighted by Crippen LogP contribution is -2.24. The summed E-state index contributed by atoms with van der Waals surface area (Å²) >= 11 is 0. The van der Waals surface area contributed by atoms with Gasteiger partial charge in [0, 0.05) is 6.20 Å². The van der Waals surface area contributed by atoms with Crippen LogP contribution in [0.1, 0.15) is 6.92 Å². The highest BCUT2D eigenvalue weighted by molar-refractivity contribution is 5.87. The second-order valence-electron chi connectivity index (χ2n) is 1.94. The van der Waals surface area contributed by atoms with Crippen molar-refractivity contribution in [2.24, 2.45) is 0 Å². The minimum atomic E-state index is -4.23. The Labute approximate surface area is 62.1 Å². The molecule has 0 aromatic carbocycles. The summed E-state index contributed by atoms with van der Waals surface area (Å²) in [6.07, 6.45) is -2.22. The lowest BCUT2D eigenvalue weighted by Gasteiger charge is -2.04. The van der Waals surface area contributed by atoms with Gasteiger partial charge in [-0.05, 0) is 13.0 Å². The van der Waals surface area contributed by atoms with Crippen LogP contribution in [0.5, 0.6) is 0 Å². The molecule has 0 rings (SSSR count). The molecule has 0 aliphatic carbocycles. The average Bonchev–Trinajstić information content (AvgIpc) is 1.78. The van der Waals surface area contributed by atoms with Crippen LogP contribution in [0.3, 0.4) is 0 Å². The van der Waals surface area contributed by atoms with Crippen molar-refractivity contribution in [2.75, 3.05) is 6.54 Å². The number of carbonyl (C=O) groups excluding carboxylic acids is 1. The van der Waals surface area contributed by atoms with Crippen LogP contribution in [0.15, 0.2) is 12.3 Å². The predicted molar refractivity (Wildman–Crippen MR) is 33.9 cm³/mol. The smallest absolute Gasteiger partial charge is 0.382 e. The molecule has 64 valence electrons. The van der Waals surface area contributed by atoms with E-state index in [-0.39, 0.29) is 5.78 Å². The van der Waals surface area contributed by atoms with Crippen molar-refractivity contribution in [1.82, 2.24) is 5.32 Å². The van der Waals surface area contributed by atoms with E-state index >= 15 is 0 Å². The molecule has 0 heterocycles. The fraction of sp³-hybridized carbons (Fsp3) is 0.500. The summed E-state index contributed by atoms with van der Waals surface area (Å²) in [6, 6.07) is 0. The van der Waals surface area contributed by atoms with Crippen molar-refractivity contribution in [2.45, 2.75) is 13.1 Å². The van der Waals surface area contributed by atoms with Crippen molar-refractivity contribution >= 4 is 5.78 Å². The van der Waals surface area contributed by atoms with Crippen molar-refractivity contribution in [1.29, 1.82) is 0 Å². The highest BCUT2D eigenvalue weighted by Crippen LogP contribution is 2.11. The van der Waals surface area contributed by atoms with Gasteiger partial charge in [-0.15, -0.1) is 0 Å². The molecule has 0 unspecified atom stereocenters. The van der Waals surface area contributed by atoms with Gasteiger partial charge in [-0.3, -0.25) is 4.79 Å². The third-order valence-electron chi connectivity index (χ3n) is 0.738. The Balaban J connectivity index is 3.50. The Bertz CT molecular complexity index is 162. The topological polar surface area (TPSA) is 29.1 Å². The lowest BCUT2D eigenvalue weighted by molar-refractivity contribution is -0.123. The molecule has 5 heteroatoms. The summed E-state index contributed by atoms with van der Waals surface area (Å²) in [5, 5.41) is 1.93. The number of rotatable bonds is 3. The van der Waals surface area contributed by atoms with Crippen LogP contribution >= 0.6 is 0 Å². The normalized spacial score (nSPS) is 12.0. The number of hydrogen-bond donors (Lipinski definition) is 1. The molecule has 0 aliphatic rings. The number of hydrogen-bond acceptors (Lipinski definition) is 2. The van der Waals surface area contributed by atoms with E-state index in [0.717, 1.165) is 12.3 Å². The molecule has 0 atom stereocenters. The van der Waals surface area contributed by atoms with Crippen LogP contribution in [-0.2, 0) is 4.79 Å². The van der Waals surface area contributed by atoms with Crippen molar-refractivity contribution in [3.05, 3.63) is 12.3 Å². The van der Waals surface area contributed by atoms with Crippen LogP contribution in [0.25, 0.3) is 0 Å². The van der Waals surface area contributed by atoms with Gasteiger partial charge in [-0.1, -0.05) is 0 Å². The Kier molecular flexibility index (Phi) is 3.64. The molecule has 1 N–H and O–H groups in total. The van der Waals surface area contributed by atoms with E-state index in [9.17, 15) is 18.0 Å². The van der Waals surface area contributed by atoms with E-state index in [1.807, 2.05) is 5.32 Å². The standard InChI is InChI=1S/C6H8F3NO/c1-5(11)2-3-10-4-6(7,8)9/h2-3,10H,4H2,1H3/b3-2+. The lowest BCUT2D eigenvalue weighted by atomic mass is 10.4. The van der Waals surface area contributed by atoms with Crippen LogP contribution in [0.2, 0.25) is 0 Å². The van der Waals surface area contributed by atoms with E-state index in [1.165, 1.54) is 6.92 Å². The Morgan fingerprint density at radius 2 is 2.09 bits per heavy atom. The Morgan fingerprint density at radius 1 is 1.55 bits per heavy atom. The molecule has 0 fully saturated rings. The molecule has 0 saturated heterocycles. The van der Waals surface area contributed by atoms with Crippen molar-refractivity contribution in [3.8, 4) is 0 Å². The first-order chi connectivity index (χ1) is 4.92. The van der Waals surface area contributed by atoms with E-state index in [1.54, 1.807) is 0 Å². The van der Waals surface area contributed by atoms with Crippen molar-refractivity contribution < 1.29 is 18.0 Å². The second-order valence-corrected chi connectivity index (χ2v) is 1.94. The Hall–Kier alpha value is -1.00. The summed E-state index contributed by atoms with van der Waals surface area (Å²) in [4.78, 5) is 10.2. The minimum Gasteiger partial charge on any atom is -0.382 e. The zero-order valence-corrected chi connectivity index (χ0v) is 5.90. The van der Waals surface area contributed by atoms with Gasteiger partial charge < -0.3 is 5.32 Å². The summed E-state index contributed by atoms with van der Waals surface area (Å²) in [5.41, 5.74) is 0. The largest absolute Gasteiger partial charge is 0.405 e. The highest BCUT2D eigenvalue weighted by atomic mass is 19.4. The number of nitrogens with one attached hydrogen (secondary N) is 1. The number of ketones is 1. The van der Waals surface area contributed by atoms with Gasteiger partial charge >= 0.3 is 6.18 Å². The number of carbonyl (C=O) groups is 1. The molecule has 0 spiro atoms. The fourth-order valence-corrected chi connectivity index (χ4v) is 0.351. The molecule has 0 saturated carbocycles. The molecule has 0 aromatic rings. The zero-order valence-electron chi connectivity index (χ0n) is 5.90. The van der Waals surface area contributed by atoms with Crippen LogP contribution in [0, 0.1) is 0 Å². The zero-order chi connectivity index (χ0) is 8.91. The van der Waals surface area contributed by atoms with Gasteiger partial charge in [0.2, 0.25) is 0 Å². The van der Waals surface area contributed by atoms with Gasteiger partial charge in [0.05, 0.1) is 0 Å². The van der Waals surface area contributed by atoms with E-state index in [2.05, 4.69) is 0 Å². The molecule has 0 bridgehead atoms. The quantitative estimate of drug-likeness (QED) is 0.641. The number of allylic oxidation sites excluding steroid dienone is 1. The summed E-state index contributed by atoms with van der Waals surface area (Å²) in [7, 11) is 0. The molecule has 0 amide bonds. The van der Waals surface area contributed by atoms with E-state index in [0.29, 0.717) is 0 Å². The van der Waals surface area contributed by atoms with Gasteiger partial charge in [-0.25, -0.2) is 0 Å². The summed E-state index contributed by atoms with van der Waals surface area (Å²) in [5.74, 6) is -0.292. The summed E-state index contributed by atoms with van der Waals surface area (Å²) in [6.45, 7) is 0.141. The molecular formula is C6H8F3NO. The van der Waals surface area contributed by atoms with Gasteiger partial charge in [0.25, 0.3) is 0 Å². The molecule has 0 radical (unpaired) electrons. The third-order valence-corrected chi connectivity index (χ3v) is 0.738. The van der Waals surface area contributed by atoms with Gasteiger partial charge in [0.1, 0.15) is 6.54 Å². The summed E-state index contributed by atoms with van der Waals surface area (Å²) < 4.78 is 34.2. The number of alkyl halides is 3. The van der Waals surface area contributed by atoms with Gasteiger partial charge in [-0.2, -0.15) is 13.2 Å². The molecule has 0 aliphatic heterocycles. The maximum atomic E-state index is 11.4. The average molecular weight is 167 g/mol. The molecule has 0 aromatic heterocycles. The molecular weight excluding hydrogens is 159 g/mol. The van der Waals surface area contributed by atoms with Crippen molar-refractivity contribution in [3.63, 3.8) is 0 Å². The fourth-order valence-electron chi connectivity index (χ4n) is 0.351. The second kappa shape index (κ2) is 4.00. The van der Waals surface area contributed by atoms with E-state index in [4.69, 9.17) is 0 Å². The Morgan fingerprint density at radius 3 is 2.45 bits per heavy atom. The maximum absolute atomic E-state index is 11.4. The first-order valence-corrected chi connectivity index (χ1v) is 2.89. The van der Waals surface area contributed by atoms with Crippen LogP contribution in [-0.4, -0.2) is 18.5 Å². The van der Waals surface area contributed by atoms with E-state index < -0.39 is 12.7 Å². The molecule has 11 heavy (non-hydrogen) atoms. The minimum absolute atomic E-state index is 0.292. The SMILES string of the molecule is CC(=O)/C=C/NCC(F)(F)F. The highest BCUT2D eigenvalue weighted by Gasteiger charge is 2.25. The first-order valence-electron chi connectivity index (χ1n) is 2.89.